The monoisotopic (exact) mass is 403 g/mol. The van der Waals surface area contributed by atoms with Crippen molar-refractivity contribution in [3.63, 3.8) is 0 Å². The largest absolute Gasteiger partial charge is 0.457 e. The number of aryl methyl sites for hydroxylation is 3. The molecule has 0 aliphatic carbocycles. The van der Waals surface area contributed by atoms with E-state index in [-0.39, 0.29) is 5.75 Å². The third kappa shape index (κ3) is 4.18. The Bertz CT molecular complexity index is 968. The zero-order chi connectivity index (χ0) is 21.3. The highest BCUT2D eigenvalue weighted by atomic mass is 19.4. The van der Waals surface area contributed by atoms with Crippen LogP contribution in [-0.2, 0) is 22.2 Å². The Morgan fingerprint density at radius 2 is 1.55 bits per heavy atom. The van der Waals surface area contributed by atoms with Crippen molar-refractivity contribution in [1.29, 1.82) is 0 Å². The number of carbonyl (C=O) groups excluding carboxylic acids is 2. The fourth-order valence-electron chi connectivity index (χ4n) is 3.39. The summed E-state index contributed by atoms with van der Waals surface area (Å²) >= 11 is 0. The summed E-state index contributed by atoms with van der Waals surface area (Å²) in [6, 6.07) is 7.13. The number of benzene rings is 2. The SMILES string of the molecule is CCCc1cc(C)c(Oc2ccc(N3C(=O)C=CC3=O)c(C(F)(F)F)c2)c(C)c1. The van der Waals surface area contributed by atoms with Gasteiger partial charge in [-0.3, -0.25) is 9.59 Å². The topological polar surface area (TPSA) is 46.6 Å². The van der Waals surface area contributed by atoms with E-state index in [9.17, 15) is 22.8 Å². The van der Waals surface area contributed by atoms with Gasteiger partial charge >= 0.3 is 6.18 Å². The average molecular weight is 403 g/mol. The molecular formula is C22H20F3NO3. The van der Waals surface area contributed by atoms with Crippen molar-refractivity contribution in [3.05, 3.63) is 64.7 Å². The molecular weight excluding hydrogens is 383 g/mol. The van der Waals surface area contributed by atoms with E-state index in [1.165, 1.54) is 6.07 Å². The van der Waals surface area contributed by atoms with Gasteiger partial charge in [0.1, 0.15) is 11.5 Å². The molecule has 0 atom stereocenters. The predicted molar refractivity (Wildman–Crippen MR) is 103 cm³/mol. The highest BCUT2D eigenvalue weighted by Gasteiger charge is 2.39. The maximum atomic E-state index is 13.6. The van der Waals surface area contributed by atoms with Crippen molar-refractivity contribution in [1.82, 2.24) is 0 Å². The third-order valence-corrected chi connectivity index (χ3v) is 4.60. The molecule has 1 heterocycles. The molecule has 0 bridgehead atoms. The van der Waals surface area contributed by atoms with Gasteiger partial charge in [-0.1, -0.05) is 25.5 Å². The van der Waals surface area contributed by atoms with Crippen molar-refractivity contribution in [2.24, 2.45) is 0 Å². The van der Waals surface area contributed by atoms with E-state index in [4.69, 9.17) is 4.74 Å². The second kappa shape index (κ2) is 7.73. The predicted octanol–water partition coefficient (Wildman–Crippen LogP) is 5.50. The molecule has 152 valence electrons. The molecule has 0 spiro atoms. The van der Waals surface area contributed by atoms with Crippen LogP contribution in [0.1, 0.15) is 35.6 Å². The van der Waals surface area contributed by atoms with Crippen LogP contribution < -0.4 is 9.64 Å². The molecule has 4 nitrogen and oxygen atoms in total. The lowest BCUT2D eigenvalue weighted by Crippen LogP contribution is -2.31. The summed E-state index contributed by atoms with van der Waals surface area (Å²) in [5, 5.41) is 0. The van der Waals surface area contributed by atoms with Gasteiger partial charge in [-0.15, -0.1) is 0 Å². The summed E-state index contributed by atoms with van der Waals surface area (Å²) in [7, 11) is 0. The van der Waals surface area contributed by atoms with Gasteiger partial charge in [0.2, 0.25) is 0 Å². The van der Waals surface area contributed by atoms with Gasteiger partial charge in [0.05, 0.1) is 11.3 Å². The normalized spacial score (nSPS) is 14.1. The number of imide groups is 1. The number of nitrogens with zero attached hydrogens (tertiary/aromatic N) is 1. The summed E-state index contributed by atoms with van der Waals surface area (Å²) in [5.41, 5.74) is 1.15. The first kappa shape index (κ1) is 20.6. The number of rotatable bonds is 5. The standard InChI is InChI=1S/C22H20F3NO3/c1-4-5-15-10-13(2)21(14(3)11-15)29-16-6-7-18(17(12-16)22(23,24)25)26-19(27)8-9-20(26)28/h6-12H,4-5H2,1-3H3. The van der Waals surface area contributed by atoms with Crippen LogP contribution in [0, 0.1) is 13.8 Å². The van der Waals surface area contributed by atoms with E-state index < -0.39 is 29.2 Å². The second-order valence-corrected chi connectivity index (χ2v) is 6.93. The number of ether oxygens (including phenoxy) is 1. The first-order valence-electron chi connectivity index (χ1n) is 9.17. The molecule has 3 rings (SSSR count). The van der Waals surface area contributed by atoms with E-state index in [1.807, 2.05) is 26.0 Å². The fourth-order valence-corrected chi connectivity index (χ4v) is 3.39. The van der Waals surface area contributed by atoms with Gasteiger partial charge in [-0.2, -0.15) is 13.2 Å². The smallest absolute Gasteiger partial charge is 0.418 e. The molecule has 1 aliphatic rings. The molecule has 1 aliphatic heterocycles. The molecule has 0 fully saturated rings. The quantitative estimate of drug-likeness (QED) is 0.620. The van der Waals surface area contributed by atoms with Crippen molar-refractivity contribution in [2.75, 3.05) is 4.90 Å². The highest BCUT2D eigenvalue weighted by molar-refractivity contribution is 6.28. The molecule has 0 unspecified atom stereocenters. The van der Waals surface area contributed by atoms with Gasteiger partial charge in [-0.25, -0.2) is 4.90 Å². The Morgan fingerprint density at radius 1 is 0.966 bits per heavy atom. The van der Waals surface area contributed by atoms with E-state index in [0.717, 1.165) is 53.8 Å². The Labute approximate surface area is 166 Å². The molecule has 7 heteroatoms. The van der Waals surface area contributed by atoms with Crippen molar-refractivity contribution >= 4 is 17.5 Å². The van der Waals surface area contributed by atoms with Crippen LogP contribution >= 0.6 is 0 Å². The van der Waals surface area contributed by atoms with Gasteiger partial charge < -0.3 is 4.74 Å². The van der Waals surface area contributed by atoms with Crippen LogP contribution in [-0.4, -0.2) is 11.8 Å². The van der Waals surface area contributed by atoms with Gasteiger partial charge in [0.15, 0.2) is 0 Å². The van der Waals surface area contributed by atoms with Crippen LogP contribution in [0.2, 0.25) is 0 Å². The number of anilines is 1. The number of hydrogen-bond donors (Lipinski definition) is 0. The molecule has 0 aromatic heterocycles. The third-order valence-electron chi connectivity index (χ3n) is 4.60. The molecule has 0 saturated heterocycles. The van der Waals surface area contributed by atoms with Crippen LogP contribution in [0.15, 0.2) is 42.5 Å². The maximum absolute atomic E-state index is 13.6. The average Bonchev–Trinajstić information content (AvgIpc) is 2.96. The van der Waals surface area contributed by atoms with Crippen molar-refractivity contribution in [3.8, 4) is 11.5 Å². The lowest BCUT2D eigenvalue weighted by molar-refractivity contribution is -0.137. The van der Waals surface area contributed by atoms with E-state index in [0.29, 0.717) is 10.6 Å². The Morgan fingerprint density at radius 3 is 2.07 bits per heavy atom. The molecule has 2 amide bonds. The van der Waals surface area contributed by atoms with Crippen LogP contribution in [0.5, 0.6) is 11.5 Å². The molecule has 0 radical (unpaired) electrons. The Balaban J connectivity index is 2.00. The maximum Gasteiger partial charge on any atom is 0.418 e. The van der Waals surface area contributed by atoms with E-state index in [1.54, 1.807) is 0 Å². The lowest BCUT2D eigenvalue weighted by Gasteiger charge is -2.21. The minimum atomic E-state index is -4.77. The van der Waals surface area contributed by atoms with Gasteiger partial charge in [0, 0.05) is 12.2 Å². The zero-order valence-electron chi connectivity index (χ0n) is 16.3. The summed E-state index contributed by atoms with van der Waals surface area (Å²) in [6.45, 7) is 5.75. The van der Waals surface area contributed by atoms with Crippen LogP contribution in [0.25, 0.3) is 0 Å². The van der Waals surface area contributed by atoms with Crippen LogP contribution in [0.3, 0.4) is 0 Å². The van der Waals surface area contributed by atoms with Gasteiger partial charge in [0.25, 0.3) is 11.8 Å². The molecule has 2 aromatic rings. The number of carbonyl (C=O) groups is 2. The number of hydrogen-bond acceptors (Lipinski definition) is 3. The summed E-state index contributed by atoms with van der Waals surface area (Å²) in [4.78, 5) is 24.2. The number of halogens is 3. The minimum Gasteiger partial charge on any atom is -0.457 e. The molecule has 2 aromatic carbocycles. The number of alkyl halides is 3. The summed E-state index contributed by atoms with van der Waals surface area (Å²) in [6.07, 6.45) is -0.999. The highest BCUT2D eigenvalue weighted by Crippen LogP contribution is 2.41. The minimum absolute atomic E-state index is 0.0254. The fraction of sp³-hybridized carbons (Fsp3) is 0.273. The molecule has 0 N–H and O–H groups in total. The first-order valence-corrected chi connectivity index (χ1v) is 9.17. The first-order chi connectivity index (χ1) is 13.6. The van der Waals surface area contributed by atoms with E-state index in [2.05, 4.69) is 6.92 Å². The Kier molecular flexibility index (Phi) is 5.50. The van der Waals surface area contributed by atoms with Crippen molar-refractivity contribution in [2.45, 2.75) is 39.8 Å². The van der Waals surface area contributed by atoms with Crippen molar-refractivity contribution < 1.29 is 27.5 Å². The summed E-state index contributed by atoms with van der Waals surface area (Å²) in [5.74, 6) is -1.16. The molecule has 0 saturated carbocycles. The Hall–Kier alpha value is -3.09. The second-order valence-electron chi connectivity index (χ2n) is 6.93. The van der Waals surface area contributed by atoms with Gasteiger partial charge in [-0.05, 0) is 55.2 Å². The molecule has 29 heavy (non-hydrogen) atoms. The lowest BCUT2D eigenvalue weighted by atomic mass is 10.0. The zero-order valence-corrected chi connectivity index (χ0v) is 16.3. The summed E-state index contributed by atoms with van der Waals surface area (Å²) < 4.78 is 46.7. The van der Waals surface area contributed by atoms with Crippen LogP contribution in [0.4, 0.5) is 18.9 Å². The van der Waals surface area contributed by atoms with E-state index >= 15 is 0 Å². The number of amides is 2.